The van der Waals surface area contributed by atoms with Crippen molar-refractivity contribution in [2.75, 3.05) is 6.54 Å². The Balaban J connectivity index is 1.55. The molecule has 3 rings (SSSR count). The van der Waals surface area contributed by atoms with Gasteiger partial charge in [-0.2, -0.15) is 10.1 Å². The van der Waals surface area contributed by atoms with Crippen LogP contribution in [-0.4, -0.2) is 32.4 Å². The van der Waals surface area contributed by atoms with E-state index in [1.807, 2.05) is 38.1 Å². The van der Waals surface area contributed by atoms with Crippen molar-refractivity contribution in [1.82, 2.24) is 25.2 Å². The van der Waals surface area contributed by atoms with Gasteiger partial charge in [0.2, 0.25) is 0 Å². The number of aromatic nitrogens is 4. The number of rotatable bonds is 6. The molecule has 0 aliphatic carbocycles. The summed E-state index contributed by atoms with van der Waals surface area (Å²) in [5, 5.41) is 11.8. The number of amides is 1. The summed E-state index contributed by atoms with van der Waals surface area (Å²) in [6.45, 7) is 4.75. The van der Waals surface area contributed by atoms with Crippen LogP contribution < -0.4 is 5.32 Å². The van der Waals surface area contributed by atoms with E-state index in [2.05, 4.69) is 43.1 Å². The van der Waals surface area contributed by atoms with E-state index < -0.39 is 0 Å². The fourth-order valence-corrected chi connectivity index (χ4v) is 2.93. The maximum Gasteiger partial charge on any atom is 0.316 e. The number of hydrogen-bond donors (Lipinski definition) is 1. The largest absolute Gasteiger partial charge is 0.347 e. The minimum atomic E-state index is -0.388. The number of carbonyl (C=O) groups is 1. The van der Waals surface area contributed by atoms with Crippen LogP contribution in [0.15, 0.2) is 28.8 Å². The highest BCUT2D eigenvalue weighted by Crippen LogP contribution is 2.16. The summed E-state index contributed by atoms with van der Waals surface area (Å²) in [6, 6.07) is 7.50. The van der Waals surface area contributed by atoms with Crippen molar-refractivity contribution in [3.05, 3.63) is 61.5 Å². The van der Waals surface area contributed by atoms with Gasteiger partial charge in [0.15, 0.2) is 5.82 Å². The fourth-order valence-electron chi connectivity index (χ4n) is 2.42. The second-order valence-electron chi connectivity index (χ2n) is 5.79. The van der Waals surface area contributed by atoms with E-state index in [1.54, 1.807) is 4.68 Å². The standard InChI is InChI=1S/C17H17ClIN5O2/c1-10-15(19)11(2)24(22-10)9-14-21-17(26-23-14)16(25)20-8-7-12-3-5-13(18)6-4-12/h3-6H,7-9H2,1-2H3,(H,20,25). The number of aryl methyl sites for hydroxylation is 1. The normalized spacial score (nSPS) is 10.9. The first-order valence-electron chi connectivity index (χ1n) is 7.99. The predicted molar refractivity (Wildman–Crippen MR) is 105 cm³/mol. The topological polar surface area (TPSA) is 85.8 Å². The zero-order valence-electron chi connectivity index (χ0n) is 14.3. The number of halogens is 2. The van der Waals surface area contributed by atoms with Crippen LogP contribution in [0.5, 0.6) is 0 Å². The van der Waals surface area contributed by atoms with Crippen molar-refractivity contribution in [3.8, 4) is 0 Å². The average molecular weight is 486 g/mol. The first-order valence-corrected chi connectivity index (χ1v) is 9.44. The molecular weight excluding hydrogens is 469 g/mol. The third-order valence-corrected chi connectivity index (χ3v) is 5.67. The summed E-state index contributed by atoms with van der Waals surface area (Å²) >= 11 is 8.10. The van der Waals surface area contributed by atoms with Gasteiger partial charge in [0.05, 0.1) is 9.26 Å². The highest BCUT2D eigenvalue weighted by Gasteiger charge is 2.16. The van der Waals surface area contributed by atoms with Crippen molar-refractivity contribution in [2.24, 2.45) is 0 Å². The smallest absolute Gasteiger partial charge is 0.316 e. The van der Waals surface area contributed by atoms with Crippen LogP contribution in [0, 0.1) is 17.4 Å². The van der Waals surface area contributed by atoms with E-state index in [0.717, 1.165) is 20.5 Å². The van der Waals surface area contributed by atoms with Gasteiger partial charge in [0.25, 0.3) is 0 Å². The molecule has 0 spiro atoms. The Hall–Kier alpha value is -1.94. The second kappa shape index (κ2) is 8.17. The lowest BCUT2D eigenvalue weighted by molar-refractivity contribution is 0.0910. The molecule has 0 fully saturated rings. The summed E-state index contributed by atoms with van der Waals surface area (Å²) in [4.78, 5) is 16.3. The summed E-state index contributed by atoms with van der Waals surface area (Å²) in [6.07, 6.45) is 0.689. The minimum absolute atomic E-state index is 0.0488. The van der Waals surface area contributed by atoms with Crippen LogP contribution in [0.4, 0.5) is 0 Å². The molecule has 2 heterocycles. The van der Waals surface area contributed by atoms with E-state index >= 15 is 0 Å². The Morgan fingerprint density at radius 3 is 2.69 bits per heavy atom. The number of hydrogen-bond acceptors (Lipinski definition) is 5. The second-order valence-corrected chi connectivity index (χ2v) is 7.31. The number of nitrogens with one attached hydrogen (secondary N) is 1. The van der Waals surface area contributed by atoms with Crippen LogP contribution in [0.25, 0.3) is 0 Å². The Labute approximate surface area is 169 Å². The third-order valence-electron chi connectivity index (χ3n) is 3.86. The van der Waals surface area contributed by atoms with Crippen LogP contribution in [-0.2, 0) is 13.0 Å². The van der Waals surface area contributed by atoms with Crippen LogP contribution in [0.3, 0.4) is 0 Å². The SMILES string of the molecule is Cc1nn(Cc2noc(C(=O)NCCc3ccc(Cl)cc3)n2)c(C)c1I. The first-order chi connectivity index (χ1) is 12.4. The molecule has 0 unspecified atom stereocenters. The molecule has 136 valence electrons. The average Bonchev–Trinajstić information content (AvgIpc) is 3.18. The molecule has 0 saturated carbocycles. The highest BCUT2D eigenvalue weighted by molar-refractivity contribution is 14.1. The molecule has 1 N–H and O–H groups in total. The minimum Gasteiger partial charge on any atom is -0.347 e. The van der Waals surface area contributed by atoms with E-state index in [4.69, 9.17) is 16.1 Å². The Morgan fingerprint density at radius 2 is 2.04 bits per heavy atom. The molecule has 1 aromatic carbocycles. The summed E-state index contributed by atoms with van der Waals surface area (Å²) < 4.78 is 7.96. The molecule has 3 aromatic rings. The Bertz CT molecular complexity index is 920. The molecule has 7 nitrogen and oxygen atoms in total. The number of carbonyl (C=O) groups excluding carboxylic acids is 1. The molecule has 0 radical (unpaired) electrons. The van der Waals surface area contributed by atoms with E-state index in [-0.39, 0.29) is 11.8 Å². The van der Waals surface area contributed by atoms with Gasteiger partial charge in [-0.15, -0.1) is 0 Å². The lowest BCUT2D eigenvalue weighted by Crippen LogP contribution is -2.26. The molecule has 0 saturated heterocycles. The van der Waals surface area contributed by atoms with Gasteiger partial charge >= 0.3 is 11.8 Å². The molecular formula is C17H17ClIN5O2. The van der Waals surface area contributed by atoms with Crippen molar-refractivity contribution >= 4 is 40.1 Å². The zero-order chi connectivity index (χ0) is 18.7. The Morgan fingerprint density at radius 1 is 1.31 bits per heavy atom. The third kappa shape index (κ3) is 4.42. The molecule has 2 aromatic heterocycles. The van der Waals surface area contributed by atoms with Crippen molar-refractivity contribution in [1.29, 1.82) is 0 Å². The summed E-state index contributed by atoms with van der Waals surface area (Å²) in [5.41, 5.74) is 3.06. The summed E-state index contributed by atoms with van der Waals surface area (Å²) in [7, 11) is 0. The quantitative estimate of drug-likeness (QED) is 0.542. The van der Waals surface area contributed by atoms with Gasteiger partial charge in [-0.05, 0) is 60.6 Å². The molecule has 0 atom stereocenters. The summed E-state index contributed by atoms with van der Waals surface area (Å²) in [5.74, 6) is -0.0251. The van der Waals surface area contributed by atoms with E-state index in [1.165, 1.54) is 0 Å². The zero-order valence-corrected chi connectivity index (χ0v) is 17.2. The van der Waals surface area contributed by atoms with Gasteiger partial charge in [-0.25, -0.2) is 0 Å². The molecule has 0 aliphatic rings. The maximum atomic E-state index is 12.1. The van der Waals surface area contributed by atoms with Crippen molar-refractivity contribution in [2.45, 2.75) is 26.8 Å². The van der Waals surface area contributed by atoms with Gasteiger partial charge in [-0.1, -0.05) is 28.9 Å². The van der Waals surface area contributed by atoms with Crippen LogP contribution >= 0.6 is 34.2 Å². The fraction of sp³-hybridized carbons (Fsp3) is 0.294. The van der Waals surface area contributed by atoms with E-state index in [0.29, 0.717) is 30.4 Å². The highest BCUT2D eigenvalue weighted by atomic mass is 127. The maximum absolute atomic E-state index is 12.1. The first kappa shape index (κ1) is 18.8. The van der Waals surface area contributed by atoms with Gasteiger partial charge in [0.1, 0.15) is 6.54 Å². The molecule has 9 heteroatoms. The van der Waals surface area contributed by atoms with E-state index in [9.17, 15) is 4.79 Å². The lowest BCUT2D eigenvalue weighted by atomic mass is 10.1. The predicted octanol–water partition coefficient (Wildman–Crippen LogP) is 3.16. The number of benzene rings is 1. The van der Waals surface area contributed by atoms with Crippen LogP contribution in [0.1, 0.15) is 33.5 Å². The lowest BCUT2D eigenvalue weighted by Gasteiger charge is -2.02. The van der Waals surface area contributed by atoms with Crippen LogP contribution in [0.2, 0.25) is 5.02 Å². The Kier molecular flexibility index (Phi) is 5.92. The molecule has 26 heavy (non-hydrogen) atoms. The van der Waals surface area contributed by atoms with Gasteiger partial charge in [-0.3, -0.25) is 9.48 Å². The molecule has 1 amide bonds. The van der Waals surface area contributed by atoms with Gasteiger partial charge in [0, 0.05) is 17.3 Å². The van der Waals surface area contributed by atoms with Gasteiger partial charge < -0.3 is 9.84 Å². The molecule has 0 aliphatic heterocycles. The molecule has 0 bridgehead atoms. The van der Waals surface area contributed by atoms with Crippen molar-refractivity contribution < 1.29 is 9.32 Å². The van der Waals surface area contributed by atoms with Crippen molar-refractivity contribution in [3.63, 3.8) is 0 Å². The number of nitrogens with zero attached hydrogens (tertiary/aromatic N) is 4. The monoisotopic (exact) mass is 485 g/mol.